The van der Waals surface area contributed by atoms with Gasteiger partial charge in [0.2, 0.25) is 0 Å². The summed E-state index contributed by atoms with van der Waals surface area (Å²) in [6.45, 7) is 0. The van der Waals surface area contributed by atoms with E-state index in [1.807, 2.05) is 0 Å². The third-order valence-corrected chi connectivity index (χ3v) is 2.78. The van der Waals surface area contributed by atoms with Gasteiger partial charge < -0.3 is 10.1 Å². The number of hydrogen-bond acceptors (Lipinski definition) is 3. The van der Waals surface area contributed by atoms with Crippen LogP contribution in [0.3, 0.4) is 0 Å². The van der Waals surface area contributed by atoms with E-state index in [0.717, 1.165) is 0 Å². The Morgan fingerprint density at radius 1 is 1.20 bits per heavy atom. The molecule has 0 saturated heterocycles. The van der Waals surface area contributed by atoms with E-state index in [1.165, 1.54) is 0 Å². The predicted molar refractivity (Wildman–Crippen MR) is 60.2 cm³/mol. The van der Waals surface area contributed by atoms with Crippen LogP contribution in [0.1, 0.15) is 0 Å². The number of H-pyrrole nitrogens is 1. The molecule has 0 fully saturated rings. The topological polar surface area (TPSA) is 70.2 Å². The van der Waals surface area contributed by atoms with E-state index >= 15 is 0 Å². The van der Waals surface area contributed by atoms with Gasteiger partial charge in [-0.2, -0.15) is 0 Å². The molecule has 2 N–H and O–H groups in total. The summed E-state index contributed by atoms with van der Waals surface area (Å²) in [5.41, 5.74) is -1.13. The van der Waals surface area contributed by atoms with E-state index in [1.54, 1.807) is 24.3 Å². The van der Waals surface area contributed by atoms with Crippen LogP contribution in [0.15, 0.2) is 38.3 Å². The zero-order chi connectivity index (χ0) is 11.0. The number of nitrogens with one attached hydrogen (secondary N) is 1. The first-order chi connectivity index (χ1) is 7.11. The van der Waals surface area contributed by atoms with E-state index < -0.39 is 11.0 Å². The van der Waals surface area contributed by atoms with Crippen molar-refractivity contribution in [3.8, 4) is 5.75 Å². The first-order valence-corrected chi connectivity index (χ1v) is 4.94. The molecule has 4 nitrogen and oxygen atoms in total. The Bertz CT molecular complexity index is 648. The van der Waals surface area contributed by atoms with Crippen molar-refractivity contribution in [1.29, 1.82) is 0 Å². The molecule has 0 unspecified atom stereocenters. The summed E-state index contributed by atoms with van der Waals surface area (Å²) in [6, 6.07) is 6.64. The van der Waals surface area contributed by atoms with Crippen molar-refractivity contribution in [1.82, 2.24) is 4.98 Å². The van der Waals surface area contributed by atoms with Gasteiger partial charge in [-0.3, -0.25) is 9.59 Å². The van der Waals surface area contributed by atoms with Gasteiger partial charge in [-0.15, -0.1) is 0 Å². The highest BCUT2D eigenvalue weighted by molar-refractivity contribution is 9.10. The number of aromatic hydroxyl groups is 1. The lowest BCUT2D eigenvalue weighted by molar-refractivity contribution is 0.478. The lowest BCUT2D eigenvalue weighted by atomic mass is 10.2. The van der Waals surface area contributed by atoms with E-state index in [4.69, 9.17) is 0 Å². The molecular weight excluding hydrogens is 262 g/mol. The Labute approximate surface area is 92.3 Å². The third kappa shape index (κ3) is 1.55. The normalized spacial score (nSPS) is 10.5. The molecule has 0 aliphatic heterocycles. The number of halogens is 1. The molecule has 0 atom stereocenters. The maximum absolute atomic E-state index is 11.3. The van der Waals surface area contributed by atoms with E-state index in [9.17, 15) is 14.7 Å². The Morgan fingerprint density at radius 3 is 2.60 bits per heavy atom. The molecule has 0 radical (unpaired) electrons. The SMILES string of the molecule is O=c1[nH]c2ccccc2c(O)c(Br)c1=O. The van der Waals surface area contributed by atoms with Gasteiger partial charge in [0.05, 0.1) is 5.52 Å². The molecule has 1 aromatic carbocycles. The predicted octanol–water partition coefficient (Wildman–Crippen LogP) is 1.36. The fourth-order valence-corrected chi connectivity index (χ4v) is 1.70. The number of aromatic amines is 1. The molecular formula is C10H6BrNO3. The minimum atomic E-state index is -0.788. The average molecular weight is 268 g/mol. The van der Waals surface area contributed by atoms with Crippen molar-refractivity contribution in [2.75, 3.05) is 0 Å². The second-order valence-electron chi connectivity index (χ2n) is 2.99. The van der Waals surface area contributed by atoms with Crippen LogP contribution in [0.5, 0.6) is 5.75 Å². The molecule has 1 aromatic heterocycles. The smallest absolute Gasteiger partial charge is 0.297 e. The number of hydrogen-bond donors (Lipinski definition) is 2. The number of fused-ring (bicyclic) bond motifs is 1. The molecule has 15 heavy (non-hydrogen) atoms. The van der Waals surface area contributed by atoms with Gasteiger partial charge in [-0.25, -0.2) is 0 Å². The standard InChI is InChI=1S/C10H6BrNO3/c11-7-8(13)5-3-1-2-4-6(5)12-10(15)9(7)14/h1-4,13H,(H,12,14,15). The van der Waals surface area contributed by atoms with Gasteiger partial charge in [0.1, 0.15) is 10.2 Å². The maximum atomic E-state index is 11.3. The minimum Gasteiger partial charge on any atom is -0.506 e. The molecule has 0 aliphatic carbocycles. The van der Waals surface area contributed by atoms with Gasteiger partial charge in [0, 0.05) is 5.39 Å². The molecule has 0 aliphatic rings. The summed E-state index contributed by atoms with van der Waals surface area (Å²) in [5, 5.41) is 10.1. The first kappa shape index (κ1) is 9.92. The molecule has 1 heterocycles. The van der Waals surface area contributed by atoms with Crippen molar-refractivity contribution in [2.24, 2.45) is 0 Å². The van der Waals surface area contributed by atoms with Crippen molar-refractivity contribution in [3.05, 3.63) is 49.3 Å². The van der Waals surface area contributed by atoms with E-state index in [0.29, 0.717) is 10.9 Å². The second-order valence-corrected chi connectivity index (χ2v) is 3.78. The molecule has 0 bridgehead atoms. The molecule has 0 saturated carbocycles. The third-order valence-electron chi connectivity index (χ3n) is 2.04. The second kappa shape index (κ2) is 3.51. The van der Waals surface area contributed by atoms with Gasteiger partial charge in [-0.1, -0.05) is 12.1 Å². The van der Waals surface area contributed by atoms with Gasteiger partial charge in [0.15, 0.2) is 0 Å². The van der Waals surface area contributed by atoms with E-state index in [-0.39, 0.29) is 10.2 Å². The largest absolute Gasteiger partial charge is 0.506 e. The summed E-state index contributed by atoms with van der Waals surface area (Å²) >= 11 is 2.90. The van der Waals surface area contributed by atoms with Crippen molar-refractivity contribution < 1.29 is 5.11 Å². The summed E-state index contributed by atoms with van der Waals surface area (Å²) in [6.07, 6.45) is 0. The maximum Gasteiger partial charge on any atom is 0.297 e. The van der Waals surface area contributed by atoms with Crippen LogP contribution in [0, 0.1) is 0 Å². The highest BCUT2D eigenvalue weighted by atomic mass is 79.9. The number of aromatic nitrogens is 1. The quantitative estimate of drug-likeness (QED) is 0.708. The zero-order valence-electron chi connectivity index (χ0n) is 7.45. The summed E-state index contributed by atoms with van der Waals surface area (Å²) in [4.78, 5) is 25.1. The van der Waals surface area contributed by atoms with Crippen molar-refractivity contribution >= 4 is 26.8 Å². The van der Waals surface area contributed by atoms with Crippen LogP contribution in [-0.2, 0) is 0 Å². The van der Waals surface area contributed by atoms with Gasteiger partial charge in [0.25, 0.3) is 11.0 Å². The lowest BCUT2D eigenvalue weighted by Gasteiger charge is -1.94. The number of benzene rings is 1. The zero-order valence-corrected chi connectivity index (χ0v) is 9.04. The number of para-hydroxylation sites is 1. The van der Waals surface area contributed by atoms with Crippen LogP contribution in [0.4, 0.5) is 0 Å². The summed E-state index contributed by atoms with van der Waals surface area (Å²) in [5.74, 6) is -0.228. The van der Waals surface area contributed by atoms with Crippen LogP contribution in [0.25, 0.3) is 10.9 Å². The van der Waals surface area contributed by atoms with Crippen LogP contribution in [-0.4, -0.2) is 10.1 Å². The fraction of sp³-hybridized carbons (Fsp3) is 0. The monoisotopic (exact) mass is 267 g/mol. The summed E-state index contributed by atoms with van der Waals surface area (Å²) in [7, 11) is 0. The number of rotatable bonds is 0. The van der Waals surface area contributed by atoms with E-state index in [2.05, 4.69) is 20.9 Å². The highest BCUT2D eigenvalue weighted by Crippen LogP contribution is 2.26. The first-order valence-electron chi connectivity index (χ1n) is 4.15. The van der Waals surface area contributed by atoms with Gasteiger partial charge in [-0.05, 0) is 28.1 Å². The Balaban J connectivity index is 3.19. The molecule has 0 spiro atoms. The van der Waals surface area contributed by atoms with Gasteiger partial charge >= 0.3 is 0 Å². The average Bonchev–Trinajstić information content (AvgIpc) is 2.32. The minimum absolute atomic E-state index is 0.120. The van der Waals surface area contributed by atoms with Crippen LogP contribution >= 0.6 is 15.9 Å². The Kier molecular flexibility index (Phi) is 2.32. The van der Waals surface area contributed by atoms with Crippen LogP contribution < -0.4 is 11.0 Å². The van der Waals surface area contributed by atoms with Crippen molar-refractivity contribution in [2.45, 2.75) is 0 Å². The van der Waals surface area contributed by atoms with Crippen molar-refractivity contribution in [3.63, 3.8) is 0 Å². The Hall–Kier alpha value is -1.62. The lowest BCUT2D eigenvalue weighted by Crippen LogP contribution is -2.23. The fourth-order valence-electron chi connectivity index (χ4n) is 1.30. The molecule has 2 aromatic rings. The molecule has 76 valence electrons. The Morgan fingerprint density at radius 2 is 1.87 bits per heavy atom. The molecule has 2 rings (SSSR count). The summed E-state index contributed by atoms with van der Waals surface area (Å²) < 4.78 is -0.120. The van der Waals surface area contributed by atoms with Crippen LogP contribution in [0.2, 0.25) is 0 Å². The highest BCUT2D eigenvalue weighted by Gasteiger charge is 2.08. The molecule has 0 amide bonds. The molecule has 5 heteroatoms.